The molecule has 1 heterocycles. The van der Waals surface area contributed by atoms with Gasteiger partial charge in [0.15, 0.2) is 0 Å². The molecule has 1 aliphatic rings. The van der Waals surface area contributed by atoms with Gasteiger partial charge in [-0.2, -0.15) is 0 Å². The lowest BCUT2D eigenvalue weighted by molar-refractivity contribution is 0.0185. The largest absolute Gasteiger partial charge is 0.506 e. The summed E-state index contributed by atoms with van der Waals surface area (Å²) in [5, 5.41) is 8.51. The molecular formula is C12H23NO3. The summed E-state index contributed by atoms with van der Waals surface area (Å²) in [5.74, 6) is 0. The van der Waals surface area contributed by atoms with Crippen molar-refractivity contribution in [1.82, 2.24) is 4.90 Å². The average Bonchev–Trinajstić information content (AvgIpc) is 2.14. The van der Waals surface area contributed by atoms with Gasteiger partial charge in [-0.25, -0.2) is 4.79 Å². The topological polar surface area (TPSA) is 49.8 Å². The van der Waals surface area contributed by atoms with E-state index in [2.05, 4.69) is 25.7 Å². The Labute approximate surface area is 97.6 Å². The molecule has 0 amide bonds. The van der Waals surface area contributed by atoms with Crippen LogP contribution in [0.3, 0.4) is 0 Å². The third-order valence-electron chi connectivity index (χ3n) is 2.98. The second-order valence-electron chi connectivity index (χ2n) is 5.74. The van der Waals surface area contributed by atoms with Crippen LogP contribution in [0.2, 0.25) is 0 Å². The minimum Gasteiger partial charge on any atom is -0.450 e. The first-order valence-electron chi connectivity index (χ1n) is 5.99. The fourth-order valence-corrected chi connectivity index (χ4v) is 1.89. The van der Waals surface area contributed by atoms with Crippen LogP contribution in [0.25, 0.3) is 0 Å². The van der Waals surface area contributed by atoms with Gasteiger partial charge in [-0.15, -0.1) is 0 Å². The molecule has 0 radical (unpaired) electrons. The van der Waals surface area contributed by atoms with Crippen molar-refractivity contribution in [2.24, 2.45) is 5.41 Å². The fraction of sp³-hybridized carbons (Fsp3) is 0.917. The first-order valence-corrected chi connectivity index (χ1v) is 5.99. The third-order valence-corrected chi connectivity index (χ3v) is 2.98. The van der Waals surface area contributed by atoms with Gasteiger partial charge in [0.25, 0.3) is 0 Å². The molecule has 0 spiro atoms. The molecule has 1 N–H and O–H groups in total. The zero-order valence-corrected chi connectivity index (χ0v) is 10.5. The van der Waals surface area contributed by atoms with Crippen LogP contribution >= 0.6 is 0 Å². The highest BCUT2D eigenvalue weighted by molar-refractivity contribution is 5.57. The van der Waals surface area contributed by atoms with Gasteiger partial charge in [-0.3, -0.25) is 0 Å². The zero-order chi connectivity index (χ0) is 12.2. The Morgan fingerprint density at radius 1 is 1.38 bits per heavy atom. The fourth-order valence-electron chi connectivity index (χ4n) is 1.89. The molecule has 1 rings (SSSR count). The first kappa shape index (κ1) is 13.3. The van der Waals surface area contributed by atoms with Gasteiger partial charge in [-0.1, -0.05) is 20.8 Å². The number of carbonyl (C=O) groups is 1. The second-order valence-corrected chi connectivity index (χ2v) is 5.74. The Morgan fingerprint density at radius 3 is 2.38 bits per heavy atom. The number of hydrogen-bond donors (Lipinski definition) is 1. The third kappa shape index (κ3) is 5.35. The van der Waals surface area contributed by atoms with Crippen LogP contribution in [-0.4, -0.2) is 41.9 Å². The maximum absolute atomic E-state index is 10.4. The van der Waals surface area contributed by atoms with Crippen molar-refractivity contribution in [2.75, 3.05) is 19.6 Å². The summed E-state index contributed by atoms with van der Waals surface area (Å²) in [6.45, 7) is 9.74. The monoisotopic (exact) mass is 229 g/mol. The predicted octanol–water partition coefficient (Wildman–Crippen LogP) is 2.58. The number of likely N-dealkylation sites (tertiary alicyclic amines) is 1. The Kier molecular flexibility index (Phi) is 4.59. The second kappa shape index (κ2) is 5.53. The van der Waals surface area contributed by atoms with Gasteiger partial charge in [0.05, 0.1) is 0 Å². The van der Waals surface area contributed by atoms with Crippen LogP contribution in [0, 0.1) is 5.41 Å². The summed E-state index contributed by atoms with van der Waals surface area (Å²) in [6.07, 6.45) is 1.60. The summed E-state index contributed by atoms with van der Waals surface area (Å²) in [4.78, 5) is 12.8. The van der Waals surface area contributed by atoms with E-state index in [1.807, 2.05) is 0 Å². The van der Waals surface area contributed by atoms with E-state index in [4.69, 9.17) is 9.84 Å². The summed E-state index contributed by atoms with van der Waals surface area (Å²) in [7, 11) is 0. The maximum atomic E-state index is 10.4. The van der Waals surface area contributed by atoms with E-state index in [0.29, 0.717) is 5.41 Å². The number of nitrogens with zero attached hydrogens (tertiary/aromatic N) is 1. The molecular weight excluding hydrogens is 206 g/mol. The van der Waals surface area contributed by atoms with Gasteiger partial charge >= 0.3 is 6.16 Å². The predicted molar refractivity (Wildman–Crippen MR) is 62.6 cm³/mol. The van der Waals surface area contributed by atoms with Crippen molar-refractivity contribution in [2.45, 2.75) is 46.1 Å². The standard InChI is InChI=1S/C12H23NO3/c1-12(2,3)6-9-13-7-4-10(5-8-13)16-11(14)15/h10H,4-9H2,1-3H3,(H,14,15). The molecule has 0 aromatic carbocycles. The lowest BCUT2D eigenvalue weighted by Gasteiger charge is -2.32. The number of hydrogen-bond acceptors (Lipinski definition) is 3. The van der Waals surface area contributed by atoms with E-state index in [1.165, 1.54) is 6.42 Å². The molecule has 1 fully saturated rings. The van der Waals surface area contributed by atoms with E-state index in [9.17, 15) is 4.79 Å². The Bertz CT molecular complexity index is 227. The maximum Gasteiger partial charge on any atom is 0.506 e. The number of carboxylic acid groups (broad SMARTS) is 1. The molecule has 0 bridgehead atoms. The molecule has 0 aromatic heterocycles. The summed E-state index contributed by atoms with van der Waals surface area (Å²) < 4.78 is 4.77. The molecule has 0 unspecified atom stereocenters. The van der Waals surface area contributed by atoms with E-state index in [-0.39, 0.29) is 6.10 Å². The van der Waals surface area contributed by atoms with E-state index in [1.54, 1.807) is 0 Å². The molecule has 0 saturated carbocycles. The van der Waals surface area contributed by atoms with E-state index >= 15 is 0 Å². The highest BCUT2D eigenvalue weighted by Gasteiger charge is 2.22. The average molecular weight is 229 g/mol. The molecule has 16 heavy (non-hydrogen) atoms. The summed E-state index contributed by atoms with van der Waals surface area (Å²) >= 11 is 0. The minimum atomic E-state index is -1.15. The summed E-state index contributed by atoms with van der Waals surface area (Å²) in [5.41, 5.74) is 0.369. The Hall–Kier alpha value is -0.770. The SMILES string of the molecule is CC(C)(C)CCN1CCC(OC(=O)O)CC1. The molecule has 94 valence electrons. The van der Waals surface area contributed by atoms with Crippen LogP contribution in [0.1, 0.15) is 40.0 Å². The molecule has 1 aliphatic heterocycles. The van der Waals surface area contributed by atoms with Gasteiger partial charge in [0.1, 0.15) is 6.10 Å². The lowest BCUT2D eigenvalue weighted by Crippen LogP contribution is -2.39. The quantitative estimate of drug-likeness (QED) is 0.756. The first-order chi connectivity index (χ1) is 7.37. The van der Waals surface area contributed by atoms with Crippen molar-refractivity contribution in [3.8, 4) is 0 Å². The summed E-state index contributed by atoms with van der Waals surface area (Å²) in [6, 6.07) is 0. The van der Waals surface area contributed by atoms with Gasteiger partial charge in [0.2, 0.25) is 0 Å². The van der Waals surface area contributed by atoms with Crippen LogP contribution in [0.4, 0.5) is 4.79 Å². The van der Waals surface area contributed by atoms with Crippen molar-refractivity contribution in [1.29, 1.82) is 0 Å². The molecule has 1 saturated heterocycles. The van der Waals surface area contributed by atoms with Crippen molar-refractivity contribution >= 4 is 6.16 Å². The number of ether oxygens (including phenoxy) is 1. The van der Waals surface area contributed by atoms with Crippen LogP contribution < -0.4 is 0 Å². The normalized spacial score (nSPS) is 19.7. The van der Waals surface area contributed by atoms with Crippen molar-refractivity contribution in [3.63, 3.8) is 0 Å². The molecule has 4 nitrogen and oxygen atoms in total. The van der Waals surface area contributed by atoms with Crippen molar-refractivity contribution < 1.29 is 14.6 Å². The number of rotatable bonds is 3. The van der Waals surface area contributed by atoms with Gasteiger partial charge in [-0.05, 0) is 31.2 Å². The Morgan fingerprint density at radius 2 is 1.94 bits per heavy atom. The molecule has 0 aromatic rings. The van der Waals surface area contributed by atoms with Crippen LogP contribution in [0.15, 0.2) is 0 Å². The minimum absolute atomic E-state index is 0.0941. The number of piperidine rings is 1. The molecule has 0 aliphatic carbocycles. The molecule has 0 atom stereocenters. The van der Waals surface area contributed by atoms with Gasteiger partial charge in [0, 0.05) is 13.1 Å². The lowest BCUT2D eigenvalue weighted by atomic mass is 9.91. The van der Waals surface area contributed by atoms with E-state index in [0.717, 1.165) is 32.5 Å². The van der Waals surface area contributed by atoms with Crippen molar-refractivity contribution in [3.05, 3.63) is 0 Å². The smallest absolute Gasteiger partial charge is 0.450 e. The highest BCUT2D eigenvalue weighted by Crippen LogP contribution is 2.21. The van der Waals surface area contributed by atoms with Crippen LogP contribution in [0.5, 0.6) is 0 Å². The van der Waals surface area contributed by atoms with Crippen LogP contribution in [-0.2, 0) is 4.74 Å². The molecule has 4 heteroatoms. The van der Waals surface area contributed by atoms with Gasteiger partial charge < -0.3 is 14.7 Å². The zero-order valence-electron chi connectivity index (χ0n) is 10.5. The van der Waals surface area contributed by atoms with E-state index < -0.39 is 6.16 Å². The Balaban J connectivity index is 2.19. The highest BCUT2D eigenvalue weighted by atomic mass is 16.7.